The summed E-state index contributed by atoms with van der Waals surface area (Å²) < 4.78 is 25.9. The Balaban J connectivity index is 2.97. The Morgan fingerprint density at radius 1 is 1.44 bits per heavy atom. The first kappa shape index (κ1) is 13.3. The van der Waals surface area contributed by atoms with Gasteiger partial charge >= 0.3 is 0 Å². The monoisotopic (exact) mass is 290 g/mol. The molecule has 1 aromatic carbocycles. The lowest BCUT2D eigenvalue weighted by atomic mass is 9.98. The number of rotatable bonds is 4. The smallest absolute Gasteiger partial charge is 0.173 e. The van der Waals surface area contributed by atoms with Crippen LogP contribution in [-0.2, 0) is 0 Å². The van der Waals surface area contributed by atoms with E-state index in [1.807, 2.05) is 13.8 Å². The van der Waals surface area contributed by atoms with Crippen molar-refractivity contribution in [3.63, 3.8) is 0 Å². The van der Waals surface area contributed by atoms with Crippen molar-refractivity contribution < 1.29 is 13.6 Å². The molecule has 0 saturated carbocycles. The second kappa shape index (κ2) is 5.53. The number of carbonyl (C=O) groups excluding carboxylic acids is 1. The van der Waals surface area contributed by atoms with Gasteiger partial charge in [0.25, 0.3) is 0 Å². The van der Waals surface area contributed by atoms with E-state index in [0.717, 1.165) is 12.5 Å². The van der Waals surface area contributed by atoms with Gasteiger partial charge in [-0.3, -0.25) is 4.79 Å². The van der Waals surface area contributed by atoms with Gasteiger partial charge in [-0.05, 0) is 34.0 Å². The number of ketones is 1. The lowest BCUT2D eigenvalue weighted by Gasteiger charge is -2.09. The van der Waals surface area contributed by atoms with E-state index in [1.165, 1.54) is 6.07 Å². The van der Waals surface area contributed by atoms with Crippen LogP contribution in [0.5, 0.6) is 0 Å². The summed E-state index contributed by atoms with van der Waals surface area (Å²) in [5.74, 6) is -1.88. The lowest BCUT2D eigenvalue weighted by molar-refractivity contribution is 0.0962. The van der Waals surface area contributed by atoms with Crippen molar-refractivity contribution >= 4 is 21.7 Å². The summed E-state index contributed by atoms with van der Waals surface area (Å²) >= 11 is 2.91. The van der Waals surface area contributed by atoms with Crippen LogP contribution in [0.15, 0.2) is 16.6 Å². The number of Topliss-reactive ketones (excluding diaryl/α,β-unsaturated/α-hetero) is 1. The molecular formula is C12H13BrF2O. The van der Waals surface area contributed by atoms with Crippen molar-refractivity contribution in [2.45, 2.75) is 26.7 Å². The highest BCUT2D eigenvalue weighted by Crippen LogP contribution is 2.25. The standard InChI is InChI=1S/C12H13BrF2O/c1-3-7(2)6-10(16)8-4-5-9(14)12(15)11(8)13/h4-5,7H,3,6H2,1-2H3. The molecule has 0 aliphatic heterocycles. The minimum atomic E-state index is -1.00. The van der Waals surface area contributed by atoms with Crippen molar-refractivity contribution in [2.24, 2.45) is 5.92 Å². The number of benzene rings is 1. The van der Waals surface area contributed by atoms with Crippen LogP contribution in [0.3, 0.4) is 0 Å². The Bertz CT molecular complexity index is 404. The molecule has 0 radical (unpaired) electrons. The summed E-state index contributed by atoms with van der Waals surface area (Å²) in [5, 5.41) is 0. The van der Waals surface area contributed by atoms with Gasteiger partial charge in [0.2, 0.25) is 0 Å². The van der Waals surface area contributed by atoms with Crippen LogP contribution in [0.4, 0.5) is 8.78 Å². The predicted molar refractivity (Wildman–Crippen MR) is 62.5 cm³/mol. The van der Waals surface area contributed by atoms with Gasteiger partial charge in [0.15, 0.2) is 17.4 Å². The first-order valence-electron chi connectivity index (χ1n) is 5.14. The molecule has 4 heteroatoms. The molecule has 0 amide bonds. The molecule has 0 heterocycles. The fourth-order valence-electron chi connectivity index (χ4n) is 1.31. The average molecular weight is 291 g/mol. The average Bonchev–Trinajstić information content (AvgIpc) is 2.25. The van der Waals surface area contributed by atoms with E-state index in [2.05, 4.69) is 15.9 Å². The zero-order chi connectivity index (χ0) is 12.3. The third-order valence-electron chi connectivity index (χ3n) is 2.57. The highest BCUT2D eigenvalue weighted by molar-refractivity contribution is 9.10. The largest absolute Gasteiger partial charge is 0.294 e. The van der Waals surface area contributed by atoms with Crippen LogP contribution < -0.4 is 0 Å². The summed E-state index contributed by atoms with van der Waals surface area (Å²) in [7, 11) is 0. The predicted octanol–water partition coefficient (Wildman–Crippen LogP) is 4.35. The molecule has 1 unspecified atom stereocenters. The molecule has 16 heavy (non-hydrogen) atoms. The number of halogens is 3. The van der Waals surface area contributed by atoms with Crippen molar-refractivity contribution in [2.75, 3.05) is 0 Å². The maximum Gasteiger partial charge on any atom is 0.173 e. The van der Waals surface area contributed by atoms with Crippen LogP contribution in [0.2, 0.25) is 0 Å². The summed E-state index contributed by atoms with van der Waals surface area (Å²) in [6.07, 6.45) is 1.23. The number of carbonyl (C=O) groups is 1. The van der Waals surface area contributed by atoms with Gasteiger partial charge in [0, 0.05) is 12.0 Å². The van der Waals surface area contributed by atoms with Crippen LogP contribution in [-0.4, -0.2) is 5.78 Å². The molecule has 0 saturated heterocycles. The summed E-state index contributed by atoms with van der Waals surface area (Å²) in [4.78, 5) is 11.8. The Kier molecular flexibility index (Phi) is 4.59. The Morgan fingerprint density at radius 2 is 2.06 bits per heavy atom. The Labute approximate surface area is 102 Å². The van der Waals surface area contributed by atoms with Crippen LogP contribution >= 0.6 is 15.9 Å². The van der Waals surface area contributed by atoms with Gasteiger partial charge in [0.05, 0.1) is 4.47 Å². The minimum Gasteiger partial charge on any atom is -0.294 e. The summed E-state index contributed by atoms with van der Waals surface area (Å²) in [6.45, 7) is 3.93. The molecule has 1 rings (SSSR count). The molecule has 1 atom stereocenters. The van der Waals surface area contributed by atoms with Crippen LogP contribution in [0.25, 0.3) is 0 Å². The molecule has 88 valence electrons. The quantitative estimate of drug-likeness (QED) is 0.595. The maximum absolute atomic E-state index is 13.2. The molecule has 1 aromatic rings. The fourth-order valence-corrected chi connectivity index (χ4v) is 1.85. The van der Waals surface area contributed by atoms with Crippen LogP contribution in [0.1, 0.15) is 37.0 Å². The first-order chi connectivity index (χ1) is 7.47. The Hall–Kier alpha value is -0.770. The van der Waals surface area contributed by atoms with Crippen molar-refractivity contribution in [3.8, 4) is 0 Å². The molecule has 1 nitrogen and oxygen atoms in total. The highest BCUT2D eigenvalue weighted by Gasteiger charge is 2.17. The van der Waals surface area contributed by atoms with Gasteiger partial charge in [-0.15, -0.1) is 0 Å². The van der Waals surface area contributed by atoms with E-state index in [9.17, 15) is 13.6 Å². The van der Waals surface area contributed by atoms with E-state index in [1.54, 1.807) is 0 Å². The van der Waals surface area contributed by atoms with E-state index in [4.69, 9.17) is 0 Å². The summed E-state index contributed by atoms with van der Waals surface area (Å²) in [5.41, 5.74) is 0.208. The second-order valence-electron chi connectivity index (χ2n) is 3.86. The molecule has 0 fully saturated rings. The molecule has 0 spiro atoms. The first-order valence-corrected chi connectivity index (χ1v) is 5.93. The Morgan fingerprint density at radius 3 is 2.62 bits per heavy atom. The van der Waals surface area contributed by atoms with Crippen molar-refractivity contribution in [1.29, 1.82) is 0 Å². The number of hydrogen-bond donors (Lipinski definition) is 0. The van der Waals surface area contributed by atoms with E-state index in [-0.39, 0.29) is 21.7 Å². The third-order valence-corrected chi connectivity index (χ3v) is 3.34. The fraction of sp³-hybridized carbons (Fsp3) is 0.417. The highest BCUT2D eigenvalue weighted by atomic mass is 79.9. The second-order valence-corrected chi connectivity index (χ2v) is 4.66. The summed E-state index contributed by atoms with van der Waals surface area (Å²) in [6, 6.07) is 2.29. The van der Waals surface area contributed by atoms with Gasteiger partial charge < -0.3 is 0 Å². The third kappa shape index (κ3) is 2.88. The molecular weight excluding hydrogens is 278 g/mol. The zero-order valence-electron chi connectivity index (χ0n) is 9.19. The molecule has 0 N–H and O–H groups in total. The molecule has 0 aliphatic rings. The van der Waals surface area contributed by atoms with Crippen LogP contribution in [0, 0.1) is 17.6 Å². The van der Waals surface area contributed by atoms with Gasteiger partial charge in [0.1, 0.15) is 0 Å². The SMILES string of the molecule is CCC(C)CC(=O)c1ccc(F)c(F)c1Br. The van der Waals surface area contributed by atoms with E-state index in [0.29, 0.717) is 6.42 Å². The maximum atomic E-state index is 13.2. The normalized spacial score (nSPS) is 12.6. The van der Waals surface area contributed by atoms with Crippen molar-refractivity contribution in [3.05, 3.63) is 33.8 Å². The number of hydrogen-bond acceptors (Lipinski definition) is 1. The van der Waals surface area contributed by atoms with Crippen molar-refractivity contribution in [1.82, 2.24) is 0 Å². The van der Waals surface area contributed by atoms with Gasteiger partial charge in [-0.2, -0.15) is 0 Å². The van der Waals surface area contributed by atoms with E-state index < -0.39 is 11.6 Å². The minimum absolute atomic E-state index is 0.0826. The topological polar surface area (TPSA) is 17.1 Å². The molecule has 0 bridgehead atoms. The molecule has 0 aliphatic carbocycles. The molecule has 0 aromatic heterocycles. The lowest BCUT2D eigenvalue weighted by Crippen LogP contribution is -2.07. The van der Waals surface area contributed by atoms with Gasteiger partial charge in [-0.25, -0.2) is 8.78 Å². The van der Waals surface area contributed by atoms with Gasteiger partial charge in [-0.1, -0.05) is 20.3 Å². The van der Waals surface area contributed by atoms with E-state index >= 15 is 0 Å². The zero-order valence-corrected chi connectivity index (χ0v) is 10.8.